The van der Waals surface area contributed by atoms with Crippen molar-refractivity contribution in [2.75, 3.05) is 7.11 Å². The van der Waals surface area contributed by atoms with Crippen molar-refractivity contribution in [1.29, 1.82) is 0 Å². The Morgan fingerprint density at radius 1 is 0.774 bits per heavy atom. The van der Waals surface area contributed by atoms with Gasteiger partial charge in [-0.1, -0.05) is 12.1 Å². The van der Waals surface area contributed by atoms with Crippen LogP contribution in [0.25, 0.3) is 27.8 Å². The van der Waals surface area contributed by atoms with Crippen molar-refractivity contribution in [2.24, 2.45) is 0 Å². The van der Waals surface area contributed by atoms with E-state index in [4.69, 9.17) is 14.2 Å². The smallest absolute Gasteiger partial charge is 0.128 e. The number of fused-ring (bicyclic) bond motifs is 1. The number of hydrogen-bond donors (Lipinski definition) is 0. The van der Waals surface area contributed by atoms with Gasteiger partial charge in [0, 0.05) is 17.3 Å². The predicted octanol–water partition coefficient (Wildman–Crippen LogP) is 6.28. The zero-order valence-corrected chi connectivity index (χ0v) is 18.6. The molecule has 0 saturated heterocycles. The molecular weight excluding hydrogens is 388 g/mol. The molecule has 1 aromatic heterocycles. The Morgan fingerprint density at radius 2 is 1.35 bits per heavy atom. The summed E-state index contributed by atoms with van der Waals surface area (Å²) in [5.41, 5.74) is 4.98. The molecule has 5 nitrogen and oxygen atoms in total. The van der Waals surface area contributed by atoms with Crippen LogP contribution in [-0.2, 0) is 0 Å². The Bertz CT molecular complexity index is 1160. The quantitative estimate of drug-likeness (QED) is 0.356. The normalized spacial score (nSPS) is 11.3. The second kappa shape index (κ2) is 8.72. The van der Waals surface area contributed by atoms with E-state index in [1.165, 1.54) is 0 Å². The molecule has 0 aliphatic heterocycles. The standard InChI is InChI=1S/C26H28N2O3/c1-17(2)30-21-10-6-19(7-11-21)23-14-25-24(15-26(23)29-5)27-16-28(25)20-8-12-22(13-9-20)31-18(3)4/h6-18H,1-5H3. The number of nitrogens with zero attached hydrogens (tertiary/aromatic N) is 2. The van der Waals surface area contributed by atoms with Gasteiger partial charge >= 0.3 is 0 Å². The molecule has 0 fully saturated rings. The average molecular weight is 417 g/mol. The Labute approximate surface area is 183 Å². The first-order valence-corrected chi connectivity index (χ1v) is 10.5. The summed E-state index contributed by atoms with van der Waals surface area (Å²) in [4.78, 5) is 4.59. The summed E-state index contributed by atoms with van der Waals surface area (Å²) in [6.45, 7) is 8.09. The first kappa shape index (κ1) is 20.8. The van der Waals surface area contributed by atoms with Crippen LogP contribution in [0.2, 0.25) is 0 Å². The minimum atomic E-state index is 0.142. The zero-order valence-electron chi connectivity index (χ0n) is 18.6. The first-order chi connectivity index (χ1) is 14.9. The van der Waals surface area contributed by atoms with E-state index < -0.39 is 0 Å². The number of benzene rings is 3. The summed E-state index contributed by atoms with van der Waals surface area (Å²) in [7, 11) is 1.69. The Hall–Kier alpha value is -3.47. The Balaban J connectivity index is 1.74. The highest BCUT2D eigenvalue weighted by Crippen LogP contribution is 2.35. The van der Waals surface area contributed by atoms with E-state index in [-0.39, 0.29) is 12.2 Å². The number of methoxy groups -OCH3 is 1. The summed E-state index contributed by atoms with van der Waals surface area (Å²) in [6.07, 6.45) is 2.13. The highest BCUT2D eigenvalue weighted by Gasteiger charge is 2.13. The van der Waals surface area contributed by atoms with Gasteiger partial charge in [0.05, 0.1) is 30.4 Å². The van der Waals surface area contributed by atoms with Crippen molar-refractivity contribution in [2.45, 2.75) is 39.9 Å². The fourth-order valence-corrected chi connectivity index (χ4v) is 3.58. The molecule has 0 spiro atoms. The molecule has 0 N–H and O–H groups in total. The summed E-state index contributed by atoms with van der Waals surface area (Å²) in [6, 6.07) is 20.3. The zero-order chi connectivity index (χ0) is 22.0. The maximum Gasteiger partial charge on any atom is 0.128 e. The van der Waals surface area contributed by atoms with Crippen molar-refractivity contribution >= 4 is 11.0 Å². The van der Waals surface area contributed by atoms with Gasteiger partial charge in [-0.25, -0.2) is 4.98 Å². The molecule has 0 aliphatic carbocycles. The molecule has 160 valence electrons. The van der Waals surface area contributed by atoms with E-state index in [1.807, 2.05) is 76.5 Å². The molecule has 0 amide bonds. The SMILES string of the molecule is COc1cc2ncn(-c3ccc(OC(C)C)cc3)c2cc1-c1ccc(OC(C)C)cc1. The average Bonchev–Trinajstić information content (AvgIpc) is 3.16. The van der Waals surface area contributed by atoms with E-state index >= 15 is 0 Å². The van der Waals surface area contributed by atoms with Crippen molar-refractivity contribution < 1.29 is 14.2 Å². The largest absolute Gasteiger partial charge is 0.496 e. The Morgan fingerprint density at radius 3 is 1.90 bits per heavy atom. The van der Waals surface area contributed by atoms with Gasteiger partial charge in [0.25, 0.3) is 0 Å². The van der Waals surface area contributed by atoms with Gasteiger partial charge in [-0.15, -0.1) is 0 Å². The number of aromatic nitrogens is 2. The molecule has 4 aromatic rings. The lowest BCUT2D eigenvalue weighted by molar-refractivity contribution is 0.242. The lowest BCUT2D eigenvalue weighted by Gasteiger charge is -2.13. The van der Waals surface area contributed by atoms with E-state index in [1.54, 1.807) is 7.11 Å². The molecule has 1 heterocycles. The van der Waals surface area contributed by atoms with Crippen molar-refractivity contribution in [1.82, 2.24) is 9.55 Å². The van der Waals surface area contributed by atoms with E-state index in [0.717, 1.165) is 45.1 Å². The fourth-order valence-electron chi connectivity index (χ4n) is 3.58. The van der Waals surface area contributed by atoms with Crippen LogP contribution in [0.1, 0.15) is 27.7 Å². The maximum atomic E-state index is 5.77. The predicted molar refractivity (Wildman–Crippen MR) is 125 cm³/mol. The van der Waals surface area contributed by atoms with Gasteiger partial charge in [0.2, 0.25) is 0 Å². The van der Waals surface area contributed by atoms with Crippen LogP contribution >= 0.6 is 0 Å². The molecule has 0 unspecified atom stereocenters. The molecule has 0 saturated carbocycles. The third-order valence-corrected chi connectivity index (χ3v) is 4.89. The molecule has 3 aromatic carbocycles. The van der Waals surface area contributed by atoms with Gasteiger partial charge in [0.15, 0.2) is 0 Å². The van der Waals surface area contributed by atoms with Crippen molar-refractivity contribution in [3.05, 3.63) is 67.0 Å². The van der Waals surface area contributed by atoms with Gasteiger partial charge in [-0.3, -0.25) is 4.57 Å². The van der Waals surface area contributed by atoms with E-state index in [0.29, 0.717) is 0 Å². The molecule has 31 heavy (non-hydrogen) atoms. The van der Waals surface area contributed by atoms with Crippen LogP contribution in [0.4, 0.5) is 0 Å². The monoisotopic (exact) mass is 416 g/mol. The third kappa shape index (κ3) is 4.50. The summed E-state index contributed by atoms with van der Waals surface area (Å²) in [5.74, 6) is 2.50. The van der Waals surface area contributed by atoms with E-state index in [2.05, 4.69) is 27.8 Å². The third-order valence-electron chi connectivity index (χ3n) is 4.89. The molecule has 4 rings (SSSR count). The number of imidazole rings is 1. The van der Waals surface area contributed by atoms with Crippen LogP contribution in [0.3, 0.4) is 0 Å². The maximum absolute atomic E-state index is 5.77. The molecule has 0 atom stereocenters. The fraction of sp³-hybridized carbons (Fsp3) is 0.269. The van der Waals surface area contributed by atoms with Crippen LogP contribution in [0.15, 0.2) is 67.0 Å². The van der Waals surface area contributed by atoms with Crippen LogP contribution in [0.5, 0.6) is 17.2 Å². The highest BCUT2D eigenvalue weighted by molar-refractivity contribution is 5.87. The van der Waals surface area contributed by atoms with Crippen molar-refractivity contribution in [3.8, 4) is 34.1 Å². The molecule has 5 heteroatoms. The second-order valence-corrected chi connectivity index (χ2v) is 8.01. The van der Waals surface area contributed by atoms with Gasteiger partial charge in [-0.05, 0) is 75.7 Å². The molecule has 0 aliphatic rings. The highest BCUT2D eigenvalue weighted by atomic mass is 16.5. The number of hydrogen-bond acceptors (Lipinski definition) is 4. The minimum absolute atomic E-state index is 0.142. The van der Waals surface area contributed by atoms with Gasteiger partial charge < -0.3 is 14.2 Å². The molecular formula is C26H28N2O3. The lowest BCUT2D eigenvalue weighted by Crippen LogP contribution is -2.05. The lowest BCUT2D eigenvalue weighted by atomic mass is 10.0. The van der Waals surface area contributed by atoms with Crippen molar-refractivity contribution in [3.63, 3.8) is 0 Å². The minimum Gasteiger partial charge on any atom is -0.496 e. The first-order valence-electron chi connectivity index (χ1n) is 10.5. The van der Waals surface area contributed by atoms with Crippen LogP contribution in [0, 0.1) is 0 Å². The topological polar surface area (TPSA) is 45.5 Å². The second-order valence-electron chi connectivity index (χ2n) is 8.01. The molecule has 0 radical (unpaired) electrons. The number of rotatable bonds is 7. The molecule has 0 bridgehead atoms. The van der Waals surface area contributed by atoms with Crippen LogP contribution < -0.4 is 14.2 Å². The van der Waals surface area contributed by atoms with Crippen LogP contribution in [-0.4, -0.2) is 28.9 Å². The van der Waals surface area contributed by atoms with Gasteiger partial charge in [-0.2, -0.15) is 0 Å². The Kier molecular flexibility index (Phi) is 5.85. The van der Waals surface area contributed by atoms with Gasteiger partial charge in [0.1, 0.15) is 23.6 Å². The van der Waals surface area contributed by atoms with E-state index in [9.17, 15) is 0 Å². The summed E-state index contributed by atoms with van der Waals surface area (Å²) in [5, 5.41) is 0. The summed E-state index contributed by atoms with van der Waals surface area (Å²) >= 11 is 0. The number of ether oxygens (including phenoxy) is 3. The summed E-state index contributed by atoms with van der Waals surface area (Å²) < 4.78 is 19.3.